The molecule has 0 atom stereocenters. The van der Waals surface area contributed by atoms with Crippen molar-refractivity contribution in [2.45, 2.75) is 42.6 Å². The molecule has 4 aromatic rings. The number of nitrogens with zero attached hydrogens (tertiary/aromatic N) is 3. The van der Waals surface area contributed by atoms with Crippen LogP contribution in [0.2, 0.25) is 0 Å². The van der Waals surface area contributed by atoms with Crippen LogP contribution in [0.5, 0.6) is 0 Å². The molecule has 0 amide bonds. The van der Waals surface area contributed by atoms with Gasteiger partial charge in [-0.25, -0.2) is 4.98 Å². The minimum absolute atomic E-state index is 0.0522. The first kappa shape index (κ1) is 17.3. The van der Waals surface area contributed by atoms with Crippen molar-refractivity contribution in [3.63, 3.8) is 0 Å². The average molecular weight is 393 g/mol. The number of para-hydroxylation sites is 1. The second kappa shape index (κ2) is 7.31. The topological polar surface area (TPSA) is 74.1 Å². The van der Waals surface area contributed by atoms with Gasteiger partial charge in [-0.3, -0.25) is 9.36 Å². The first-order valence-corrected chi connectivity index (χ1v) is 10.4. The molecular weight excluding hydrogens is 374 g/mol. The van der Waals surface area contributed by atoms with E-state index in [0.717, 1.165) is 42.1 Å². The highest BCUT2D eigenvalue weighted by Crippen LogP contribution is 2.33. The zero-order valence-electron chi connectivity index (χ0n) is 15.2. The Hall–Kier alpha value is -2.80. The smallest absolute Gasteiger partial charge is 0.262 e. The van der Waals surface area contributed by atoms with Gasteiger partial charge in [-0.1, -0.05) is 41.9 Å². The number of rotatable bonds is 5. The highest BCUT2D eigenvalue weighted by molar-refractivity contribution is 7.98. The van der Waals surface area contributed by atoms with Crippen molar-refractivity contribution in [2.24, 2.45) is 0 Å². The van der Waals surface area contributed by atoms with Crippen LogP contribution in [0.15, 0.2) is 67.6 Å². The maximum atomic E-state index is 13.2. The summed E-state index contributed by atoms with van der Waals surface area (Å²) in [6, 6.07) is 13.3. The Balaban J connectivity index is 1.48. The van der Waals surface area contributed by atoms with E-state index in [-0.39, 0.29) is 11.6 Å². The Morgan fingerprint density at radius 3 is 2.79 bits per heavy atom. The van der Waals surface area contributed by atoms with Crippen LogP contribution in [0, 0.1) is 0 Å². The lowest BCUT2D eigenvalue weighted by Crippen LogP contribution is -2.26. The van der Waals surface area contributed by atoms with E-state index in [1.54, 1.807) is 6.26 Å². The van der Waals surface area contributed by atoms with Gasteiger partial charge in [0.25, 0.3) is 5.56 Å². The Morgan fingerprint density at radius 2 is 1.96 bits per heavy atom. The summed E-state index contributed by atoms with van der Waals surface area (Å²) in [6.07, 6.45) is 5.97. The molecule has 5 rings (SSSR count). The number of thioether (sulfide) groups is 1. The van der Waals surface area contributed by atoms with E-state index in [1.807, 2.05) is 47.0 Å². The van der Waals surface area contributed by atoms with Gasteiger partial charge in [0, 0.05) is 17.9 Å². The number of hydrogen-bond acceptors (Lipinski definition) is 6. The minimum Gasteiger partial charge on any atom is -0.461 e. The number of hydrogen-bond donors (Lipinski definition) is 0. The van der Waals surface area contributed by atoms with Crippen molar-refractivity contribution >= 4 is 22.7 Å². The van der Waals surface area contributed by atoms with Gasteiger partial charge < -0.3 is 8.94 Å². The van der Waals surface area contributed by atoms with E-state index in [4.69, 9.17) is 13.9 Å². The summed E-state index contributed by atoms with van der Waals surface area (Å²) in [5, 5.41) is 5.56. The van der Waals surface area contributed by atoms with Crippen molar-refractivity contribution in [2.75, 3.05) is 0 Å². The third-order valence-corrected chi connectivity index (χ3v) is 6.12. The molecule has 1 fully saturated rings. The van der Waals surface area contributed by atoms with Crippen LogP contribution in [0.4, 0.5) is 0 Å². The number of benzene rings is 1. The molecule has 28 heavy (non-hydrogen) atoms. The maximum Gasteiger partial charge on any atom is 0.262 e. The fourth-order valence-corrected chi connectivity index (χ4v) is 4.71. The van der Waals surface area contributed by atoms with E-state index in [0.29, 0.717) is 22.7 Å². The molecule has 0 spiro atoms. The lowest BCUT2D eigenvalue weighted by molar-refractivity contribution is 0.413. The van der Waals surface area contributed by atoms with E-state index >= 15 is 0 Å². The summed E-state index contributed by atoms with van der Waals surface area (Å²) in [6.45, 7) is 0. The SMILES string of the molecule is O=c1c2ccccc2nc(SCc2cc(-c3ccco3)on2)n1C1CCCC1. The van der Waals surface area contributed by atoms with Crippen molar-refractivity contribution in [3.8, 4) is 11.5 Å². The van der Waals surface area contributed by atoms with E-state index < -0.39 is 0 Å². The van der Waals surface area contributed by atoms with Crippen molar-refractivity contribution in [3.05, 3.63) is 64.8 Å². The first-order valence-electron chi connectivity index (χ1n) is 9.43. The Bertz CT molecular complexity index is 1160. The van der Waals surface area contributed by atoms with E-state index in [1.165, 1.54) is 11.8 Å². The quantitative estimate of drug-likeness (QED) is 0.349. The summed E-state index contributed by atoms with van der Waals surface area (Å²) in [5.74, 6) is 1.82. The average Bonchev–Trinajstić information content (AvgIpc) is 3.48. The molecule has 0 aliphatic heterocycles. The molecule has 0 N–H and O–H groups in total. The molecule has 1 aliphatic carbocycles. The normalized spacial score (nSPS) is 14.9. The molecular formula is C21H19N3O3S. The molecule has 0 bridgehead atoms. The van der Waals surface area contributed by atoms with Crippen molar-refractivity contribution in [1.29, 1.82) is 0 Å². The van der Waals surface area contributed by atoms with Gasteiger partial charge in [0.1, 0.15) is 0 Å². The summed E-state index contributed by atoms with van der Waals surface area (Å²) < 4.78 is 12.6. The van der Waals surface area contributed by atoms with Gasteiger partial charge in [0.15, 0.2) is 10.9 Å². The molecule has 1 aromatic carbocycles. The zero-order chi connectivity index (χ0) is 18.9. The largest absolute Gasteiger partial charge is 0.461 e. The van der Waals surface area contributed by atoms with Crippen LogP contribution in [-0.2, 0) is 5.75 Å². The molecule has 1 aliphatic rings. The van der Waals surface area contributed by atoms with Crippen LogP contribution in [-0.4, -0.2) is 14.7 Å². The van der Waals surface area contributed by atoms with Gasteiger partial charge >= 0.3 is 0 Å². The molecule has 3 aromatic heterocycles. The van der Waals surface area contributed by atoms with E-state index in [9.17, 15) is 4.79 Å². The molecule has 0 radical (unpaired) electrons. The fourth-order valence-electron chi connectivity index (χ4n) is 3.77. The molecule has 0 saturated heterocycles. The van der Waals surface area contributed by atoms with Gasteiger partial charge in [0.2, 0.25) is 5.76 Å². The summed E-state index contributed by atoms with van der Waals surface area (Å²) in [4.78, 5) is 18.0. The molecule has 142 valence electrons. The second-order valence-electron chi connectivity index (χ2n) is 6.97. The number of aromatic nitrogens is 3. The fraction of sp³-hybridized carbons (Fsp3) is 0.286. The monoisotopic (exact) mass is 393 g/mol. The Labute approximate surface area is 165 Å². The van der Waals surface area contributed by atoms with Crippen LogP contribution < -0.4 is 5.56 Å². The van der Waals surface area contributed by atoms with E-state index in [2.05, 4.69) is 5.16 Å². The molecule has 6 nitrogen and oxygen atoms in total. The Kier molecular flexibility index (Phi) is 4.52. The van der Waals surface area contributed by atoms with Gasteiger partial charge in [-0.15, -0.1) is 0 Å². The van der Waals surface area contributed by atoms with Crippen LogP contribution >= 0.6 is 11.8 Å². The second-order valence-corrected chi connectivity index (χ2v) is 7.92. The van der Waals surface area contributed by atoms with Gasteiger partial charge in [-0.05, 0) is 37.1 Å². The first-order chi connectivity index (χ1) is 13.8. The lowest BCUT2D eigenvalue weighted by Gasteiger charge is -2.18. The molecule has 1 saturated carbocycles. The summed E-state index contributed by atoms with van der Waals surface area (Å²) in [7, 11) is 0. The van der Waals surface area contributed by atoms with Crippen LogP contribution in [0.1, 0.15) is 37.4 Å². The summed E-state index contributed by atoms with van der Waals surface area (Å²) >= 11 is 1.53. The number of furan rings is 1. The van der Waals surface area contributed by atoms with Crippen molar-refractivity contribution < 1.29 is 8.94 Å². The lowest BCUT2D eigenvalue weighted by atomic mass is 10.2. The highest BCUT2D eigenvalue weighted by atomic mass is 32.2. The molecule has 7 heteroatoms. The minimum atomic E-state index is 0.0522. The van der Waals surface area contributed by atoms with Gasteiger partial charge in [-0.2, -0.15) is 0 Å². The van der Waals surface area contributed by atoms with Crippen LogP contribution in [0.3, 0.4) is 0 Å². The predicted molar refractivity (Wildman–Crippen MR) is 107 cm³/mol. The Morgan fingerprint density at radius 1 is 1.11 bits per heavy atom. The highest BCUT2D eigenvalue weighted by Gasteiger charge is 2.23. The zero-order valence-corrected chi connectivity index (χ0v) is 16.0. The van der Waals surface area contributed by atoms with Crippen LogP contribution in [0.25, 0.3) is 22.4 Å². The third-order valence-electron chi connectivity index (χ3n) is 5.14. The molecule has 0 unspecified atom stereocenters. The maximum absolute atomic E-state index is 13.2. The third kappa shape index (κ3) is 3.16. The predicted octanol–water partition coefficient (Wildman–Crippen LogP) is 5.05. The molecule has 3 heterocycles. The standard InChI is InChI=1S/C21H19N3O3S/c25-20-16-8-3-4-9-17(16)22-21(24(20)15-6-1-2-7-15)28-13-14-12-19(27-23-14)18-10-5-11-26-18/h3-5,8-12,15H,1-2,6-7,13H2. The summed E-state index contributed by atoms with van der Waals surface area (Å²) in [5.41, 5.74) is 1.58. The van der Waals surface area contributed by atoms with Gasteiger partial charge in [0.05, 0.1) is 22.9 Å². The number of fused-ring (bicyclic) bond motifs is 1. The van der Waals surface area contributed by atoms with Crippen molar-refractivity contribution in [1.82, 2.24) is 14.7 Å².